The predicted molar refractivity (Wildman–Crippen MR) is 88.7 cm³/mol. The summed E-state index contributed by atoms with van der Waals surface area (Å²) in [6.45, 7) is 7.12. The Labute approximate surface area is 143 Å². The molecule has 0 aliphatic rings. The second kappa shape index (κ2) is 15.0. The molecular formula is C16H30N2O6. The number of ketones is 1. The van der Waals surface area contributed by atoms with Gasteiger partial charge >= 0.3 is 0 Å². The number of carbonyl (C=O) groups is 3. The molecule has 0 saturated carbocycles. The van der Waals surface area contributed by atoms with Crippen LogP contribution in [0, 0.1) is 0 Å². The smallest absolute Gasteiger partial charge is 0.246 e. The van der Waals surface area contributed by atoms with Crippen molar-refractivity contribution in [3.63, 3.8) is 0 Å². The maximum Gasteiger partial charge on any atom is 0.246 e. The standard InChI is InChI=1S/C16H30N2O6/c1-4-14(19)5-8-22-9-6-17-15(20)11-23-10-7-18-16(21)12-24-13(2)3/h13H,4-12H2,1-3H3,(H,17,20)(H,18,21). The first-order chi connectivity index (χ1) is 11.5. The van der Waals surface area contributed by atoms with E-state index in [1.165, 1.54) is 0 Å². The normalized spacial score (nSPS) is 10.7. The van der Waals surface area contributed by atoms with Crippen molar-refractivity contribution >= 4 is 17.6 Å². The molecule has 2 N–H and O–H groups in total. The lowest BCUT2D eigenvalue weighted by Gasteiger charge is -2.09. The molecular weight excluding hydrogens is 316 g/mol. The molecule has 0 aromatic rings. The number of hydrogen-bond acceptors (Lipinski definition) is 6. The fourth-order valence-corrected chi connectivity index (χ4v) is 1.50. The van der Waals surface area contributed by atoms with Gasteiger partial charge in [0.1, 0.15) is 19.0 Å². The third-order valence-corrected chi connectivity index (χ3v) is 2.84. The van der Waals surface area contributed by atoms with E-state index in [1.54, 1.807) is 0 Å². The fraction of sp³-hybridized carbons (Fsp3) is 0.812. The van der Waals surface area contributed by atoms with Crippen LogP contribution >= 0.6 is 0 Å². The number of Topliss-reactive ketones (excluding diaryl/α,β-unsaturated/α-hetero) is 1. The van der Waals surface area contributed by atoms with Crippen molar-refractivity contribution in [2.24, 2.45) is 0 Å². The number of nitrogens with one attached hydrogen (secondary N) is 2. The molecule has 0 spiro atoms. The van der Waals surface area contributed by atoms with E-state index in [0.717, 1.165) is 0 Å². The van der Waals surface area contributed by atoms with Gasteiger partial charge in [0.15, 0.2) is 0 Å². The lowest BCUT2D eigenvalue weighted by atomic mass is 10.2. The van der Waals surface area contributed by atoms with Gasteiger partial charge < -0.3 is 24.8 Å². The number of hydrogen-bond donors (Lipinski definition) is 2. The van der Waals surface area contributed by atoms with Crippen LogP contribution in [0.1, 0.15) is 33.6 Å². The molecule has 0 bridgehead atoms. The molecule has 24 heavy (non-hydrogen) atoms. The van der Waals surface area contributed by atoms with E-state index >= 15 is 0 Å². The van der Waals surface area contributed by atoms with Crippen molar-refractivity contribution in [3.8, 4) is 0 Å². The number of amides is 2. The molecule has 0 aliphatic heterocycles. The molecule has 0 saturated heterocycles. The quantitative estimate of drug-likeness (QED) is 0.406. The molecule has 0 unspecified atom stereocenters. The first-order valence-corrected chi connectivity index (χ1v) is 8.27. The van der Waals surface area contributed by atoms with Gasteiger partial charge in [-0.25, -0.2) is 0 Å². The van der Waals surface area contributed by atoms with Gasteiger partial charge in [0, 0.05) is 25.9 Å². The molecule has 8 nitrogen and oxygen atoms in total. The van der Waals surface area contributed by atoms with Crippen LogP contribution in [0.2, 0.25) is 0 Å². The van der Waals surface area contributed by atoms with Gasteiger partial charge in [-0.2, -0.15) is 0 Å². The summed E-state index contributed by atoms with van der Waals surface area (Å²) in [6, 6.07) is 0. The Kier molecular flexibility index (Phi) is 14.1. The lowest BCUT2D eigenvalue weighted by molar-refractivity contribution is -0.127. The van der Waals surface area contributed by atoms with Gasteiger partial charge in [0.2, 0.25) is 11.8 Å². The highest BCUT2D eigenvalue weighted by molar-refractivity contribution is 5.78. The Morgan fingerprint density at radius 1 is 0.875 bits per heavy atom. The zero-order valence-corrected chi connectivity index (χ0v) is 14.9. The summed E-state index contributed by atoms with van der Waals surface area (Å²) < 4.78 is 15.5. The van der Waals surface area contributed by atoms with Crippen molar-refractivity contribution in [1.29, 1.82) is 0 Å². The van der Waals surface area contributed by atoms with Gasteiger partial charge in [-0.3, -0.25) is 14.4 Å². The van der Waals surface area contributed by atoms with E-state index in [-0.39, 0.29) is 43.5 Å². The molecule has 2 amide bonds. The van der Waals surface area contributed by atoms with Crippen molar-refractivity contribution in [1.82, 2.24) is 10.6 Å². The lowest BCUT2D eigenvalue weighted by Crippen LogP contribution is -2.34. The van der Waals surface area contributed by atoms with Crippen LogP contribution in [0.5, 0.6) is 0 Å². The third kappa shape index (κ3) is 15.4. The van der Waals surface area contributed by atoms with Gasteiger partial charge in [-0.15, -0.1) is 0 Å². The Morgan fingerprint density at radius 3 is 2.04 bits per heavy atom. The van der Waals surface area contributed by atoms with Crippen LogP contribution in [0.25, 0.3) is 0 Å². The summed E-state index contributed by atoms with van der Waals surface area (Å²) in [6.07, 6.45) is 0.927. The minimum atomic E-state index is -0.252. The van der Waals surface area contributed by atoms with Crippen molar-refractivity contribution in [2.75, 3.05) is 46.1 Å². The maximum atomic E-state index is 11.5. The first kappa shape index (κ1) is 22.5. The van der Waals surface area contributed by atoms with Crippen LogP contribution in [0.3, 0.4) is 0 Å². The summed E-state index contributed by atoms with van der Waals surface area (Å²) >= 11 is 0. The number of carbonyl (C=O) groups excluding carboxylic acids is 3. The summed E-state index contributed by atoms with van der Waals surface area (Å²) in [7, 11) is 0. The van der Waals surface area contributed by atoms with Crippen molar-refractivity contribution in [2.45, 2.75) is 39.7 Å². The van der Waals surface area contributed by atoms with Crippen LogP contribution in [-0.4, -0.2) is 69.8 Å². The molecule has 0 fully saturated rings. The molecule has 0 aliphatic carbocycles. The highest BCUT2D eigenvalue weighted by Gasteiger charge is 2.04. The average Bonchev–Trinajstić information content (AvgIpc) is 2.55. The summed E-state index contributed by atoms with van der Waals surface area (Å²) in [5.74, 6) is -0.302. The first-order valence-electron chi connectivity index (χ1n) is 8.27. The zero-order valence-electron chi connectivity index (χ0n) is 14.9. The van der Waals surface area contributed by atoms with Gasteiger partial charge in [0.25, 0.3) is 0 Å². The topological polar surface area (TPSA) is 103 Å². The molecule has 140 valence electrons. The fourth-order valence-electron chi connectivity index (χ4n) is 1.50. The Balaban J connectivity index is 3.38. The predicted octanol–water partition coefficient (Wildman–Crippen LogP) is 0.0462. The Morgan fingerprint density at radius 2 is 1.46 bits per heavy atom. The van der Waals surface area contributed by atoms with Gasteiger partial charge in [-0.1, -0.05) is 6.92 Å². The highest BCUT2D eigenvalue weighted by atomic mass is 16.5. The van der Waals surface area contributed by atoms with E-state index in [4.69, 9.17) is 14.2 Å². The Hall–Kier alpha value is -1.51. The second-order valence-electron chi connectivity index (χ2n) is 5.37. The van der Waals surface area contributed by atoms with E-state index in [0.29, 0.717) is 39.1 Å². The molecule has 0 heterocycles. The highest BCUT2D eigenvalue weighted by Crippen LogP contribution is 1.89. The minimum Gasteiger partial charge on any atom is -0.379 e. The SMILES string of the molecule is CCC(=O)CCOCCNC(=O)COCCNC(=O)COC(C)C. The van der Waals surface area contributed by atoms with Gasteiger partial charge in [-0.05, 0) is 13.8 Å². The molecule has 0 aromatic carbocycles. The van der Waals surface area contributed by atoms with E-state index in [2.05, 4.69) is 10.6 Å². The van der Waals surface area contributed by atoms with Crippen LogP contribution in [0.4, 0.5) is 0 Å². The second-order valence-corrected chi connectivity index (χ2v) is 5.37. The number of rotatable bonds is 15. The molecule has 0 radical (unpaired) electrons. The zero-order chi connectivity index (χ0) is 18.2. The summed E-state index contributed by atoms with van der Waals surface area (Å²) in [5.41, 5.74) is 0. The molecule has 0 aromatic heterocycles. The van der Waals surface area contributed by atoms with Crippen LogP contribution in [0.15, 0.2) is 0 Å². The largest absolute Gasteiger partial charge is 0.379 e. The van der Waals surface area contributed by atoms with Crippen molar-refractivity contribution in [3.05, 3.63) is 0 Å². The average molecular weight is 346 g/mol. The van der Waals surface area contributed by atoms with E-state index in [9.17, 15) is 14.4 Å². The van der Waals surface area contributed by atoms with E-state index in [1.807, 2.05) is 20.8 Å². The van der Waals surface area contributed by atoms with Gasteiger partial charge in [0.05, 0.1) is 25.9 Å². The molecule has 8 heteroatoms. The molecule has 0 atom stereocenters. The summed E-state index contributed by atoms with van der Waals surface area (Å²) in [4.78, 5) is 33.8. The summed E-state index contributed by atoms with van der Waals surface area (Å²) in [5, 5.41) is 5.26. The molecule has 0 rings (SSSR count). The minimum absolute atomic E-state index is 0.00630. The Bertz CT molecular complexity index is 374. The van der Waals surface area contributed by atoms with E-state index < -0.39 is 0 Å². The van der Waals surface area contributed by atoms with Crippen LogP contribution in [-0.2, 0) is 28.6 Å². The monoisotopic (exact) mass is 346 g/mol. The van der Waals surface area contributed by atoms with Crippen LogP contribution < -0.4 is 10.6 Å². The van der Waals surface area contributed by atoms with Crippen molar-refractivity contribution < 1.29 is 28.6 Å². The third-order valence-electron chi connectivity index (χ3n) is 2.84. The maximum absolute atomic E-state index is 11.5. The number of ether oxygens (including phenoxy) is 3.